The number of hydrogen-bond donors (Lipinski definition) is 0. The van der Waals surface area contributed by atoms with Crippen LogP contribution < -0.4 is 9.00 Å². The fourth-order valence-corrected chi connectivity index (χ4v) is 10.1. The minimum atomic E-state index is -1.16. The molecule has 0 N–H and O–H groups in total. The molecule has 0 spiro atoms. The van der Waals surface area contributed by atoms with Gasteiger partial charge < -0.3 is 0 Å². The summed E-state index contributed by atoms with van der Waals surface area (Å²) in [6, 6.07) is 4.97. The predicted molar refractivity (Wildman–Crippen MR) is 101 cm³/mol. The number of fused-ring (bicyclic) bond motifs is 3. The molecule has 0 fully saturated rings. The van der Waals surface area contributed by atoms with Crippen molar-refractivity contribution in [1.29, 1.82) is 0 Å². The summed E-state index contributed by atoms with van der Waals surface area (Å²) in [6.07, 6.45) is 0. The van der Waals surface area contributed by atoms with Crippen molar-refractivity contribution >= 4 is 78.0 Å². The van der Waals surface area contributed by atoms with Gasteiger partial charge in [-0.3, -0.25) is 0 Å². The van der Waals surface area contributed by atoms with E-state index in [0.29, 0.717) is 0 Å². The van der Waals surface area contributed by atoms with E-state index in [1.807, 2.05) is 22.7 Å². The summed E-state index contributed by atoms with van der Waals surface area (Å²) < 4.78 is 7.92. The van der Waals surface area contributed by atoms with Crippen LogP contribution in [0.3, 0.4) is 0 Å². The van der Waals surface area contributed by atoms with E-state index in [0.717, 1.165) is 0 Å². The summed E-state index contributed by atoms with van der Waals surface area (Å²) in [6.45, 7) is 14.7. The molecule has 0 aliphatic carbocycles. The average Bonchev–Trinajstić information content (AvgIpc) is 2.81. The standard InChI is InChI=1S/C14H20S3Si2/c1-18(2,3)11-7-9-13-10(15-14(9)17-11)8-12(16-13)19(4,5)6/h7-8H,1-6H3. The zero-order chi connectivity index (χ0) is 14.0. The molecule has 3 heterocycles. The molecule has 0 unspecified atom stereocenters. The van der Waals surface area contributed by atoms with Crippen LogP contribution >= 0.6 is 34.0 Å². The van der Waals surface area contributed by atoms with Crippen molar-refractivity contribution in [3.8, 4) is 0 Å². The van der Waals surface area contributed by atoms with Crippen molar-refractivity contribution in [3.05, 3.63) is 12.1 Å². The summed E-state index contributed by atoms with van der Waals surface area (Å²) in [5, 5.41) is 1.54. The smallest absolute Gasteiger partial charge is 0.0904 e. The molecular weight excluding hydrogens is 321 g/mol. The van der Waals surface area contributed by atoms with Crippen molar-refractivity contribution in [1.82, 2.24) is 0 Å². The van der Waals surface area contributed by atoms with Crippen molar-refractivity contribution in [2.45, 2.75) is 39.3 Å². The lowest BCUT2D eigenvalue weighted by Gasteiger charge is -2.12. The van der Waals surface area contributed by atoms with Gasteiger partial charge in [-0.15, -0.1) is 34.0 Å². The summed E-state index contributed by atoms with van der Waals surface area (Å²) in [4.78, 5) is 0. The molecule has 0 aromatic carbocycles. The van der Waals surface area contributed by atoms with Gasteiger partial charge in [0.1, 0.15) is 0 Å². The molecule has 5 heteroatoms. The van der Waals surface area contributed by atoms with E-state index >= 15 is 0 Å². The molecule has 3 aromatic rings. The Morgan fingerprint density at radius 2 is 1.32 bits per heavy atom. The van der Waals surface area contributed by atoms with E-state index in [4.69, 9.17) is 0 Å². The molecule has 0 amide bonds. The van der Waals surface area contributed by atoms with Gasteiger partial charge in [-0.25, -0.2) is 0 Å². The lowest BCUT2D eigenvalue weighted by atomic mass is 10.4. The highest BCUT2D eigenvalue weighted by molar-refractivity contribution is 7.48. The Kier molecular flexibility index (Phi) is 3.15. The summed E-state index contributed by atoms with van der Waals surface area (Å²) in [5.41, 5.74) is 0. The second-order valence-electron chi connectivity index (χ2n) is 7.22. The molecule has 0 nitrogen and oxygen atoms in total. The van der Waals surface area contributed by atoms with Crippen LogP contribution in [-0.2, 0) is 0 Å². The van der Waals surface area contributed by atoms with Crippen molar-refractivity contribution in [2.75, 3.05) is 0 Å². The first-order valence-corrected chi connectivity index (χ1v) is 16.1. The van der Waals surface area contributed by atoms with Gasteiger partial charge in [-0.1, -0.05) is 39.3 Å². The van der Waals surface area contributed by atoms with Crippen LogP contribution in [0.5, 0.6) is 0 Å². The molecule has 3 aromatic heterocycles. The van der Waals surface area contributed by atoms with Crippen LogP contribution in [0.4, 0.5) is 0 Å². The largest absolute Gasteiger partial charge is 0.143 e. The van der Waals surface area contributed by atoms with E-state index < -0.39 is 16.1 Å². The Hall–Kier alpha value is 0.0538. The first-order chi connectivity index (χ1) is 8.66. The van der Waals surface area contributed by atoms with E-state index in [9.17, 15) is 0 Å². The fraction of sp³-hybridized carbons (Fsp3) is 0.429. The second-order valence-corrected chi connectivity index (χ2v) is 21.4. The van der Waals surface area contributed by atoms with Crippen LogP contribution in [0.1, 0.15) is 0 Å². The minimum Gasteiger partial charge on any atom is -0.143 e. The Morgan fingerprint density at radius 3 is 1.89 bits per heavy atom. The van der Waals surface area contributed by atoms with Gasteiger partial charge in [0.2, 0.25) is 0 Å². The lowest BCUT2D eigenvalue weighted by Crippen LogP contribution is -2.34. The molecule has 0 saturated heterocycles. The molecule has 0 saturated carbocycles. The molecule has 19 heavy (non-hydrogen) atoms. The zero-order valence-electron chi connectivity index (χ0n) is 12.4. The Balaban J connectivity index is 2.22. The SMILES string of the molecule is C[Si](C)(C)c1cc2c(s1)sc1cc([Si](C)(C)C)sc12. The van der Waals surface area contributed by atoms with Gasteiger partial charge in [0.05, 0.1) is 24.9 Å². The topological polar surface area (TPSA) is 0 Å². The number of thiophene rings is 3. The van der Waals surface area contributed by atoms with E-state index in [1.54, 1.807) is 17.7 Å². The fourth-order valence-electron chi connectivity index (χ4n) is 2.09. The first-order valence-electron chi connectivity index (χ1n) is 6.63. The van der Waals surface area contributed by atoms with E-state index in [1.165, 1.54) is 10.1 Å². The molecule has 0 aliphatic rings. The quantitative estimate of drug-likeness (QED) is 0.558. The molecule has 102 valence electrons. The Bertz CT molecular complexity index is 684. The predicted octanol–water partition coefficient (Wildman–Crippen LogP) is 5.27. The van der Waals surface area contributed by atoms with E-state index in [-0.39, 0.29) is 0 Å². The third kappa shape index (κ3) is 2.40. The van der Waals surface area contributed by atoms with Gasteiger partial charge in [0.25, 0.3) is 0 Å². The van der Waals surface area contributed by atoms with Crippen molar-refractivity contribution in [3.63, 3.8) is 0 Å². The van der Waals surface area contributed by atoms with Crippen LogP contribution in [0.15, 0.2) is 12.1 Å². The third-order valence-electron chi connectivity index (χ3n) is 3.32. The maximum atomic E-state index is 2.50. The van der Waals surface area contributed by atoms with E-state index in [2.05, 4.69) is 62.8 Å². The molecule has 0 radical (unpaired) electrons. The molecule has 0 bridgehead atoms. The normalized spacial score (nSPS) is 13.8. The molecular formula is C14H20S3Si2. The highest BCUT2D eigenvalue weighted by Gasteiger charge is 2.24. The minimum absolute atomic E-state index is 1.16. The number of rotatable bonds is 2. The Labute approximate surface area is 129 Å². The lowest BCUT2D eigenvalue weighted by molar-refractivity contribution is 1.79. The van der Waals surface area contributed by atoms with Gasteiger partial charge in [0, 0.05) is 10.1 Å². The first kappa shape index (κ1) is 14.0. The monoisotopic (exact) mass is 340 g/mol. The van der Waals surface area contributed by atoms with Gasteiger partial charge in [-0.2, -0.15) is 0 Å². The van der Waals surface area contributed by atoms with Crippen molar-refractivity contribution < 1.29 is 0 Å². The van der Waals surface area contributed by atoms with Gasteiger partial charge >= 0.3 is 0 Å². The maximum absolute atomic E-state index is 2.50. The summed E-state index contributed by atoms with van der Waals surface area (Å²) in [5.74, 6) is 0. The number of hydrogen-bond acceptors (Lipinski definition) is 3. The van der Waals surface area contributed by atoms with Crippen LogP contribution in [0.2, 0.25) is 39.3 Å². The molecule has 3 rings (SSSR count). The van der Waals surface area contributed by atoms with Crippen LogP contribution in [-0.4, -0.2) is 16.1 Å². The van der Waals surface area contributed by atoms with Crippen molar-refractivity contribution in [2.24, 2.45) is 0 Å². The highest BCUT2D eigenvalue weighted by atomic mass is 32.2. The highest BCUT2D eigenvalue weighted by Crippen LogP contribution is 2.40. The average molecular weight is 341 g/mol. The van der Waals surface area contributed by atoms with Gasteiger partial charge in [-0.05, 0) is 21.1 Å². The van der Waals surface area contributed by atoms with Gasteiger partial charge in [0.15, 0.2) is 0 Å². The molecule has 0 atom stereocenters. The Morgan fingerprint density at radius 1 is 0.737 bits per heavy atom. The zero-order valence-corrected chi connectivity index (χ0v) is 16.8. The van der Waals surface area contributed by atoms with Crippen LogP contribution in [0, 0.1) is 0 Å². The second kappa shape index (κ2) is 4.27. The van der Waals surface area contributed by atoms with Crippen LogP contribution in [0.25, 0.3) is 18.8 Å². The third-order valence-corrected chi connectivity index (χ3v) is 14.2. The summed E-state index contributed by atoms with van der Waals surface area (Å²) >= 11 is 6.11. The maximum Gasteiger partial charge on any atom is 0.0904 e. The molecule has 0 aliphatic heterocycles. The summed E-state index contributed by atoms with van der Waals surface area (Å²) in [7, 11) is -2.32.